The van der Waals surface area contributed by atoms with Gasteiger partial charge in [-0.1, -0.05) is 221 Å². The van der Waals surface area contributed by atoms with Gasteiger partial charge in [-0.2, -0.15) is 0 Å². The molecule has 0 saturated carbocycles. The summed E-state index contributed by atoms with van der Waals surface area (Å²) in [7, 11) is 0. The number of hydrogen-bond acceptors (Lipinski definition) is 5. The van der Waals surface area contributed by atoms with Crippen LogP contribution in [0.3, 0.4) is 0 Å². The Morgan fingerprint density at radius 1 is 0.517 bits per heavy atom. The van der Waals surface area contributed by atoms with Crippen LogP contribution < -0.4 is 5.32 Å². The van der Waals surface area contributed by atoms with Crippen molar-refractivity contribution >= 4 is 11.9 Å². The average Bonchev–Trinajstić information content (AvgIpc) is 3.22. The monoisotopic (exact) mass is 806 g/mol. The highest BCUT2D eigenvalue weighted by Gasteiger charge is 2.24. The summed E-state index contributed by atoms with van der Waals surface area (Å²) in [5, 5.41) is 23.7. The number of allylic oxidation sites excluding steroid dienone is 16. The van der Waals surface area contributed by atoms with Crippen LogP contribution in [0.15, 0.2) is 97.2 Å². The molecule has 0 bridgehead atoms. The summed E-state index contributed by atoms with van der Waals surface area (Å²) in [6.45, 7) is 6.15. The lowest BCUT2D eigenvalue weighted by atomic mass is 10.0. The van der Waals surface area contributed by atoms with Crippen molar-refractivity contribution < 1.29 is 24.5 Å². The van der Waals surface area contributed by atoms with Gasteiger partial charge in [-0.15, -0.1) is 0 Å². The van der Waals surface area contributed by atoms with Crippen molar-refractivity contribution in [3.05, 3.63) is 97.2 Å². The Morgan fingerprint density at radius 3 is 1.43 bits per heavy atom. The van der Waals surface area contributed by atoms with Gasteiger partial charge in [0.05, 0.1) is 25.2 Å². The maximum absolute atomic E-state index is 13.1. The molecule has 0 aromatic heterocycles. The standard InChI is InChI=1S/C52H87NO5/c1-4-7-10-13-16-19-22-24-25-27-29-32-35-38-41-44-50(55)49(47-54)53-51(56)46-48(43-40-37-34-31-28-21-18-15-12-9-6-3)58-52(57)45-42-39-36-33-30-26-23-20-17-14-11-8-5-2/h8-9,11-12,14-15,17-18,20-21,23,26,28,30-31,34,48-50,54-55H,4-7,10,13,16,19,22,24-25,27,29,32-33,35-47H2,1-3H3,(H,53,56)/b11-8+,12-9+,17-14+,18-15+,23-20-,28-21-,30-26-,34-31-. The molecule has 0 aliphatic heterocycles. The summed E-state index contributed by atoms with van der Waals surface area (Å²) in [4.78, 5) is 26.0. The van der Waals surface area contributed by atoms with E-state index >= 15 is 0 Å². The lowest BCUT2D eigenvalue weighted by Gasteiger charge is -2.24. The average molecular weight is 806 g/mol. The third-order valence-corrected chi connectivity index (χ3v) is 10.1. The predicted molar refractivity (Wildman–Crippen MR) is 250 cm³/mol. The van der Waals surface area contributed by atoms with Crippen LogP contribution in [0.1, 0.15) is 194 Å². The highest BCUT2D eigenvalue weighted by molar-refractivity contribution is 5.77. The number of nitrogens with one attached hydrogen (secondary N) is 1. The van der Waals surface area contributed by atoms with E-state index in [9.17, 15) is 19.8 Å². The summed E-state index contributed by atoms with van der Waals surface area (Å²) in [6.07, 6.45) is 59.0. The van der Waals surface area contributed by atoms with Crippen molar-refractivity contribution in [2.24, 2.45) is 0 Å². The quantitative estimate of drug-likeness (QED) is 0.0326. The van der Waals surface area contributed by atoms with Crippen LogP contribution in [0.25, 0.3) is 0 Å². The molecular weight excluding hydrogens is 719 g/mol. The molecule has 0 rings (SSSR count). The first-order valence-electron chi connectivity index (χ1n) is 23.6. The van der Waals surface area contributed by atoms with E-state index in [4.69, 9.17) is 4.74 Å². The molecule has 1 amide bonds. The lowest BCUT2D eigenvalue weighted by molar-refractivity contribution is -0.151. The second kappa shape index (κ2) is 44.9. The topological polar surface area (TPSA) is 95.9 Å². The Kier molecular flexibility index (Phi) is 42.4. The number of amides is 1. The van der Waals surface area contributed by atoms with Crippen LogP contribution in [0, 0.1) is 0 Å². The molecule has 3 N–H and O–H groups in total. The van der Waals surface area contributed by atoms with E-state index in [1.54, 1.807) is 0 Å². The molecule has 0 spiro atoms. The predicted octanol–water partition coefficient (Wildman–Crippen LogP) is 13.8. The van der Waals surface area contributed by atoms with Gasteiger partial charge in [0.2, 0.25) is 5.91 Å². The van der Waals surface area contributed by atoms with Gasteiger partial charge >= 0.3 is 5.97 Å². The second-order valence-corrected chi connectivity index (χ2v) is 15.6. The summed E-state index contributed by atoms with van der Waals surface area (Å²) in [5.41, 5.74) is 0. The van der Waals surface area contributed by atoms with Gasteiger partial charge in [-0.05, 0) is 57.8 Å². The number of ether oxygens (including phenoxy) is 1. The van der Waals surface area contributed by atoms with Crippen LogP contribution in [0.4, 0.5) is 0 Å². The fraction of sp³-hybridized carbons (Fsp3) is 0.654. The van der Waals surface area contributed by atoms with Crippen molar-refractivity contribution in [3.63, 3.8) is 0 Å². The molecule has 6 heteroatoms. The zero-order valence-electron chi connectivity index (χ0n) is 37.4. The molecule has 0 aromatic rings. The minimum absolute atomic E-state index is 0.00992. The molecule has 330 valence electrons. The summed E-state index contributed by atoms with van der Waals surface area (Å²) >= 11 is 0. The number of rotatable bonds is 40. The van der Waals surface area contributed by atoms with E-state index in [-0.39, 0.29) is 24.9 Å². The number of carbonyl (C=O) groups is 2. The molecule has 6 nitrogen and oxygen atoms in total. The van der Waals surface area contributed by atoms with E-state index in [0.717, 1.165) is 70.6 Å². The molecule has 0 aromatic carbocycles. The summed E-state index contributed by atoms with van der Waals surface area (Å²) in [6, 6.07) is -0.735. The van der Waals surface area contributed by atoms with Gasteiger partial charge in [0.25, 0.3) is 0 Å². The van der Waals surface area contributed by atoms with Gasteiger partial charge in [0.15, 0.2) is 0 Å². The van der Waals surface area contributed by atoms with Crippen molar-refractivity contribution in [3.8, 4) is 0 Å². The number of unbranched alkanes of at least 4 members (excludes halogenated alkanes) is 18. The summed E-state index contributed by atoms with van der Waals surface area (Å²) in [5.74, 6) is -0.599. The Balaban J connectivity index is 4.68. The maximum Gasteiger partial charge on any atom is 0.306 e. The molecule has 0 heterocycles. The molecular formula is C52H87NO5. The van der Waals surface area contributed by atoms with Crippen LogP contribution in [0.5, 0.6) is 0 Å². The highest BCUT2D eigenvalue weighted by Crippen LogP contribution is 2.16. The van der Waals surface area contributed by atoms with Gasteiger partial charge in [-0.3, -0.25) is 9.59 Å². The van der Waals surface area contributed by atoms with Crippen LogP contribution >= 0.6 is 0 Å². The minimum Gasteiger partial charge on any atom is -0.462 e. The fourth-order valence-electron chi connectivity index (χ4n) is 6.57. The third-order valence-electron chi connectivity index (χ3n) is 10.1. The summed E-state index contributed by atoms with van der Waals surface area (Å²) < 4.78 is 5.84. The normalized spacial score (nSPS) is 14.2. The molecule has 0 aliphatic rings. The SMILES string of the molecule is CC/C=C/C=C/C=C\C=C/CCCCCC(=O)OC(CCC\C=C/C=C\C=C\C=C\CC)CC(=O)NC(CO)C(O)CCCCCCCCCCCCCCCCC. The van der Waals surface area contributed by atoms with E-state index in [1.807, 2.05) is 72.9 Å². The third kappa shape index (κ3) is 39.6. The Bertz CT molecular complexity index is 1180. The largest absolute Gasteiger partial charge is 0.462 e. The molecule has 0 radical (unpaired) electrons. The van der Waals surface area contributed by atoms with Gasteiger partial charge in [0.1, 0.15) is 6.10 Å². The second-order valence-electron chi connectivity index (χ2n) is 15.6. The van der Waals surface area contributed by atoms with Crippen molar-refractivity contribution in [2.75, 3.05) is 6.61 Å². The molecule has 0 saturated heterocycles. The number of hydrogen-bond donors (Lipinski definition) is 3. The van der Waals surface area contributed by atoms with E-state index in [2.05, 4.69) is 50.4 Å². The zero-order valence-corrected chi connectivity index (χ0v) is 37.4. The number of aliphatic hydroxyl groups is 2. The number of carbonyl (C=O) groups excluding carboxylic acids is 2. The Morgan fingerprint density at radius 2 is 0.948 bits per heavy atom. The smallest absolute Gasteiger partial charge is 0.306 e. The van der Waals surface area contributed by atoms with E-state index < -0.39 is 18.2 Å². The molecule has 58 heavy (non-hydrogen) atoms. The van der Waals surface area contributed by atoms with Crippen molar-refractivity contribution in [2.45, 2.75) is 212 Å². The first kappa shape index (κ1) is 54.8. The molecule has 0 aliphatic carbocycles. The number of aliphatic hydroxyl groups excluding tert-OH is 2. The maximum atomic E-state index is 13.1. The van der Waals surface area contributed by atoms with Crippen LogP contribution in [-0.2, 0) is 14.3 Å². The minimum atomic E-state index is -0.816. The Labute approximate surface area is 356 Å². The first-order valence-corrected chi connectivity index (χ1v) is 23.6. The van der Waals surface area contributed by atoms with Gasteiger partial charge in [-0.25, -0.2) is 0 Å². The molecule has 3 atom stereocenters. The van der Waals surface area contributed by atoms with Gasteiger partial charge in [0, 0.05) is 6.42 Å². The Hall–Kier alpha value is -3.22. The lowest BCUT2D eigenvalue weighted by Crippen LogP contribution is -2.46. The zero-order chi connectivity index (χ0) is 42.4. The van der Waals surface area contributed by atoms with Crippen molar-refractivity contribution in [1.82, 2.24) is 5.32 Å². The number of esters is 1. The molecule has 0 fully saturated rings. The highest BCUT2D eigenvalue weighted by atomic mass is 16.5. The van der Waals surface area contributed by atoms with Crippen molar-refractivity contribution in [1.29, 1.82) is 0 Å². The fourth-order valence-corrected chi connectivity index (χ4v) is 6.57. The van der Waals surface area contributed by atoms with Crippen LogP contribution in [0.2, 0.25) is 0 Å². The first-order chi connectivity index (χ1) is 28.5. The van der Waals surface area contributed by atoms with Gasteiger partial charge < -0.3 is 20.3 Å². The molecule has 3 unspecified atom stereocenters. The van der Waals surface area contributed by atoms with E-state index in [0.29, 0.717) is 19.3 Å². The van der Waals surface area contributed by atoms with Crippen LogP contribution in [-0.4, -0.2) is 46.9 Å². The van der Waals surface area contributed by atoms with E-state index in [1.165, 1.54) is 77.0 Å².